The highest BCUT2D eigenvalue weighted by molar-refractivity contribution is 6.14. The Hall–Kier alpha value is -4.14. The molecule has 1 amide bonds. The summed E-state index contributed by atoms with van der Waals surface area (Å²) in [4.78, 5) is 31.2. The summed E-state index contributed by atoms with van der Waals surface area (Å²) in [5.74, 6) is -1.57. The zero-order valence-corrected chi connectivity index (χ0v) is 26.0. The fourth-order valence-corrected chi connectivity index (χ4v) is 4.76. The van der Waals surface area contributed by atoms with Gasteiger partial charge in [-0.3, -0.25) is 9.59 Å². The molecular formula is C31H32ClF4N3O7. The Kier molecular flexibility index (Phi) is 10.3. The molecule has 0 fully saturated rings. The third-order valence-corrected chi connectivity index (χ3v) is 7.73. The molecule has 0 radical (unpaired) electrons. The lowest BCUT2D eigenvalue weighted by Gasteiger charge is -2.31. The molecule has 1 aliphatic heterocycles. The van der Waals surface area contributed by atoms with Crippen LogP contribution in [0.4, 0.5) is 17.6 Å². The Morgan fingerprint density at radius 2 is 1.85 bits per heavy atom. The first-order chi connectivity index (χ1) is 21.7. The molecule has 15 heteroatoms. The average Bonchev–Trinajstić information content (AvgIpc) is 3.38. The number of nitrogens with one attached hydrogen (secondary N) is 2. The SMILES string of the molecule is CCC(=O)OC(C)COc1ccc(C(=O)NCC(O)(c2cc3c(c(-c4ccc(F)cc4)n2)OCC3(C)NCl)C(F)(F)F)cc1OC. The third-order valence-electron chi connectivity index (χ3n) is 7.32. The van der Waals surface area contributed by atoms with Gasteiger partial charge in [-0.2, -0.15) is 13.2 Å². The number of carbonyl (C=O) groups excluding carboxylic acids is 2. The smallest absolute Gasteiger partial charge is 0.424 e. The van der Waals surface area contributed by atoms with Crippen molar-refractivity contribution in [2.45, 2.75) is 50.6 Å². The Labute approximate surface area is 267 Å². The average molecular weight is 670 g/mol. The number of alkyl halides is 3. The van der Waals surface area contributed by atoms with Crippen molar-refractivity contribution in [3.05, 3.63) is 71.2 Å². The van der Waals surface area contributed by atoms with Crippen molar-refractivity contribution in [2.24, 2.45) is 0 Å². The van der Waals surface area contributed by atoms with E-state index in [-0.39, 0.29) is 59.3 Å². The van der Waals surface area contributed by atoms with Crippen LogP contribution in [0.15, 0.2) is 48.5 Å². The number of fused-ring (bicyclic) bond motifs is 1. The van der Waals surface area contributed by atoms with Gasteiger partial charge in [0, 0.05) is 23.1 Å². The lowest BCUT2D eigenvalue weighted by Crippen LogP contribution is -2.51. The number of halogens is 5. The first-order valence-electron chi connectivity index (χ1n) is 14.1. The van der Waals surface area contributed by atoms with Crippen molar-refractivity contribution in [3.8, 4) is 28.5 Å². The number of aromatic nitrogens is 1. The molecule has 3 atom stereocenters. The van der Waals surface area contributed by atoms with Gasteiger partial charge in [0.15, 0.2) is 17.2 Å². The van der Waals surface area contributed by atoms with Crippen molar-refractivity contribution in [3.63, 3.8) is 0 Å². The van der Waals surface area contributed by atoms with Crippen LogP contribution in [0.3, 0.4) is 0 Å². The summed E-state index contributed by atoms with van der Waals surface area (Å²) < 4.78 is 79.4. The van der Waals surface area contributed by atoms with Crippen LogP contribution in [0.2, 0.25) is 0 Å². The van der Waals surface area contributed by atoms with E-state index in [0.717, 1.165) is 18.2 Å². The third kappa shape index (κ3) is 7.13. The molecule has 248 valence electrons. The molecule has 0 aliphatic carbocycles. The molecule has 3 unspecified atom stereocenters. The van der Waals surface area contributed by atoms with Gasteiger partial charge in [-0.05, 0) is 74.2 Å². The number of hydrogen-bond donors (Lipinski definition) is 3. The van der Waals surface area contributed by atoms with Crippen LogP contribution >= 0.6 is 11.8 Å². The maximum absolute atomic E-state index is 14.6. The zero-order valence-electron chi connectivity index (χ0n) is 25.3. The summed E-state index contributed by atoms with van der Waals surface area (Å²) in [6, 6.07) is 9.74. The second-order valence-electron chi connectivity index (χ2n) is 10.8. The molecule has 4 rings (SSSR count). The minimum absolute atomic E-state index is 0.0245. The number of nitrogens with zero attached hydrogens (tertiary/aromatic N) is 1. The maximum Gasteiger partial charge on any atom is 0.424 e. The van der Waals surface area contributed by atoms with Crippen LogP contribution < -0.4 is 24.4 Å². The van der Waals surface area contributed by atoms with Gasteiger partial charge in [0.1, 0.15) is 30.8 Å². The number of benzene rings is 2. The largest absolute Gasteiger partial charge is 0.493 e. The highest BCUT2D eigenvalue weighted by Gasteiger charge is 2.57. The van der Waals surface area contributed by atoms with Crippen LogP contribution in [0, 0.1) is 5.82 Å². The molecular weight excluding hydrogens is 638 g/mol. The zero-order chi connectivity index (χ0) is 33.9. The number of carbonyl (C=O) groups is 2. The standard InChI is InChI=1S/C31H32ClF4N3O7/c1-5-25(40)46-17(2)14-44-22-11-8-19(12-23(22)43-4)28(41)37-15-30(42,31(34,35)36)24-13-21-27(45-16-29(21,3)39-32)26(38-24)18-6-9-20(33)10-7-18/h6-13,17,39,42H,5,14-16H2,1-4H3,(H,37,41). The molecule has 1 aromatic heterocycles. The van der Waals surface area contributed by atoms with Gasteiger partial charge in [0.25, 0.3) is 5.91 Å². The quantitative estimate of drug-likeness (QED) is 0.136. The van der Waals surface area contributed by atoms with Crippen molar-refractivity contribution in [1.29, 1.82) is 0 Å². The van der Waals surface area contributed by atoms with Crippen LogP contribution in [-0.2, 0) is 20.7 Å². The van der Waals surface area contributed by atoms with Crippen LogP contribution in [0.5, 0.6) is 17.2 Å². The van der Waals surface area contributed by atoms with Gasteiger partial charge < -0.3 is 29.4 Å². The van der Waals surface area contributed by atoms with E-state index in [1.807, 2.05) is 0 Å². The maximum atomic E-state index is 14.6. The molecule has 0 bridgehead atoms. The summed E-state index contributed by atoms with van der Waals surface area (Å²) in [6.45, 7) is 3.44. The summed E-state index contributed by atoms with van der Waals surface area (Å²) >= 11 is 5.94. The monoisotopic (exact) mass is 669 g/mol. The molecule has 0 saturated heterocycles. The van der Waals surface area contributed by atoms with E-state index < -0.39 is 53.4 Å². The fourth-order valence-electron chi connectivity index (χ4n) is 4.60. The van der Waals surface area contributed by atoms with Gasteiger partial charge in [0.05, 0.1) is 24.9 Å². The van der Waals surface area contributed by atoms with Crippen LogP contribution in [0.25, 0.3) is 11.3 Å². The lowest BCUT2D eigenvalue weighted by molar-refractivity contribution is -0.265. The molecule has 0 spiro atoms. The summed E-state index contributed by atoms with van der Waals surface area (Å²) in [6.07, 6.45) is -5.71. The summed E-state index contributed by atoms with van der Waals surface area (Å²) in [5, 5.41) is 13.4. The van der Waals surface area contributed by atoms with Gasteiger partial charge in [-0.15, -0.1) is 0 Å². The van der Waals surface area contributed by atoms with Crippen molar-refractivity contribution >= 4 is 23.7 Å². The van der Waals surface area contributed by atoms with Gasteiger partial charge in [0.2, 0.25) is 5.60 Å². The number of pyridine rings is 1. The van der Waals surface area contributed by atoms with Crippen LogP contribution in [-0.4, -0.2) is 61.1 Å². The molecule has 3 N–H and O–H groups in total. The Morgan fingerprint density at radius 3 is 2.46 bits per heavy atom. The number of esters is 1. The highest BCUT2D eigenvalue weighted by atomic mass is 35.5. The van der Waals surface area contributed by atoms with Crippen LogP contribution in [0.1, 0.15) is 48.8 Å². The predicted octanol–water partition coefficient (Wildman–Crippen LogP) is 5.15. The molecule has 3 aromatic rings. The van der Waals surface area contributed by atoms with Gasteiger partial charge >= 0.3 is 12.1 Å². The number of ether oxygens (including phenoxy) is 4. The van der Waals surface area contributed by atoms with E-state index >= 15 is 0 Å². The van der Waals surface area contributed by atoms with E-state index in [1.54, 1.807) is 20.8 Å². The lowest BCUT2D eigenvalue weighted by atomic mass is 9.89. The van der Waals surface area contributed by atoms with Crippen molar-refractivity contribution in [2.75, 3.05) is 26.9 Å². The second-order valence-corrected chi connectivity index (χ2v) is 11.0. The Bertz CT molecular complexity index is 1590. The van der Waals surface area contributed by atoms with Crippen molar-refractivity contribution < 1.29 is 51.2 Å². The first kappa shape index (κ1) is 34.7. The molecule has 0 saturated carbocycles. The van der Waals surface area contributed by atoms with Crippen molar-refractivity contribution in [1.82, 2.24) is 15.1 Å². The van der Waals surface area contributed by atoms with E-state index in [2.05, 4.69) is 15.1 Å². The second kappa shape index (κ2) is 13.7. The summed E-state index contributed by atoms with van der Waals surface area (Å²) in [5.41, 5.74) is -5.49. The molecule has 2 aromatic carbocycles. The number of aliphatic hydroxyl groups is 1. The minimum atomic E-state index is -5.32. The van der Waals surface area contributed by atoms with E-state index in [1.165, 1.54) is 37.4 Å². The van der Waals surface area contributed by atoms with E-state index in [0.29, 0.717) is 0 Å². The van der Waals surface area contributed by atoms with E-state index in [4.69, 9.17) is 30.7 Å². The Balaban J connectivity index is 1.63. The molecule has 10 nitrogen and oxygen atoms in total. The molecule has 2 heterocycles. The van der Waals surface area contributed by atoms with E-state index in [9.17, 15) is 32.3 Å². The number of methoxy groups -OCH3 is 1. The number of rotatable bonds is 12. The molecule has 1 aliphatic rings. The topological polar surface area (TPSA) is 128 Å². The minimum Gasteiger partial charge on any atom is -0.493 e. The Morgan fingerprint density at radius 1 is 1.15 bits per heavy atom. The highest BCUT2D eigenvalue weighted by Crippen LogP contribution is 2.47. The van der Waals surface area contributed by atoms with Gasteiger partial charge in [-0.1, -0.05) is 6.92 Å². The molecule has 46 heavy (non-hydrogen) atoms. The predicted molar refractivity (Wildman–Crippen MR) is 158 cm³/mol. The first-order valence-corrected chi connectivity index (χ1v) is 14.4. The number of hydrogen-bond acceptors (Lipinski definition) is 9. The fraction of sp³-hybridized carbons (Fsp3) is 0.387. The number of amides is 1. The van der Waals surface area contributed by atoms with Gasteiger partial charge in [-0.25, -0.2) is 14.2 Å². The summed E-state index contributed by atoms with van der Waals surface area (Å²) in [7, 11) is 1.30. The normalized spacial score (nSPS) is 17.7.